The lowest BCUT2D eigenvalue weighted by Crippen LogP contribution is -2.22. The summed E-state index contributed by atoms with van der Waals surface area (Å²) in [5, 5.41) is 7.31. The van der Waals surface area contributed by atoms with Gasteiger partial charge in [0.05, 0.1) is 6.54 Å². The van der Waals surface area contributed by atoms with E-state index in [1.165, 1.54) is 12.8 Å². The Kier molecular flexibility index (Phi) is 6.19. The molecule has 0 spiro atoms. The molecule has 1 heterocycles. The average Bonchev–Trinajstić information content (AvgIpc) is 2.76. The molecule has 1 aromatic heterocycles. The van der Waals surface area contributed by atoms with Crippen LogP contribution in [-0.2, 0) is 6.54 Å². The molecule has 1 atom stereocenters. The van der Waals surface area contributed by atoms with Crippen LogP contribution in [0.1, 0.15) is 71.0 Å². The topological polar surface area (TPSA) is 51.0 Å². The smallest absolute Gasteiger partial charge is 0.229 e. The second-order valence-corrected chi connectivity index (χ2v) is 4.83. The van der Waals surface area contributed by atoms with Gasteiger partial charge in [0.15, 0.2) is 5.82 Å². The molecular weight excluding hydrogens is 214 g/mol. The molecule has 0 aliphatic heterocycles. The summed E-state index contributed by atoms with van der Waals surface area (Å²) < 4.78 is 5.35. The van der Waals surface area contributed by atoms with Crippen LogP contribution in [0.25, 0.3) is 0 Å². The van der Waals surface area contributed by atoms with Crippen molar-refractivity contribution in [3.63, 3.8) is 0 Å². The lowest BCUT2D eigenvalue weighted by molar-refractivity contribution is 0.335. The maximum atomic E-state index is 5.35. The highest BCUT2D eigenvalue weighted by Gasteiger charge is 2.16. The first-order chi connectivity index (χ1) is 8.17. The largest absolute Gasteiger partial charge is 0.339 e. The Hall–Kier alpha value is -0.900. The van der Waals surface area contributed by atoms with Crippen molar-refractivity contribution >= 4 is 0 Å². The molecular formula is C13H25N3O. The number of rotatable bonds is 8. The quantitative estimate of drug-likeness (QED) is 0.756. The fraction of sp³-hybridized carbons (Fsp3) is 0.846. The number of nitrogens with one attached hydrogen (secondary N) is 1. The third-order valence-electron chi connectivity index (χ3n) is 2.90. The van der Waals surface area contributed by atoms with Crippen LogP contribution in [0, 0.1) is 0 Å². The summed E-state index contributed by atoms with van der Waals surface area (Å²) in [4.78, 5) is 4.47. The molecule has 0 aromatic carbocycles. The van der Waals surface area contributed by atoms with E-state index in [0.717, 1.165) is 24.6 Å². The molecule has 1 rings (SSSR count). The highest BCUT2D eigenvalue weighted by molar-refractivity contribution is 4.93. The predicted molar refractivity (Wildman–Crippen MR) is 68.8 cm³/mol. The van der Waals surface area contributed by atoms with Crippen molar-refractivity contribution in [2.45, 2.75) is 71.9 Å². The molecule has 17 heavy (non-hydrogen) atoms. The average molecular weight is 239 g/mol. The zero-order chi connectivity index (χ0) is 12.7. The van der Waals surface area contributed by atoms with Crippen molar-refractivity contribution in [1.82, 2.24) is 15.5 Å². The molecule has 4 heteroatoms. The molecule has 1 N–H and O–H groups in total. The number of hydrogen-bond donors (Lipinski definition) is 1. The molecule has 0 radical (unpaired) electrons. The summed E-state index contributed by atoms with van der Waals surface area (Å²) in [6, 6.07) is 0.444. The maximum absolute atomic E-state index is 5.35. The molecule has 0 saturated heterocycles. The predicted octanol–water partition coefficient (Wildman–Crippen LogP) is 3.25. The summed E-state index contributed by atoms with van der Waals surface area (Å²) >= 11 is 0. The van der Waals surface area contributed by atoms with Crippen molar-refractivity contribution < 1.29 is 4.52 Å². The Morgan fingerprint density at radius 3 is 2.65 bits per heavy atom. The van der Waals surface area contributed by atoms with Gasteiger partial charge < -0.3 is 9.84 Å². The fourth-order valence-electron chi connectivity index (χ4n) is 1.75. The number of hydrogen-bond acceptors (Lipinski definition) is 4. The molecule has 0 aliphatic rings. The van der Waals surface area contributed by atoms with E-state index in [2.05, 4.69) is 43.2 Å². The van der Waals surface area contributed by atoms with Crippen molar-refractivity contribution in [3.8, 4) is 0 Å². The van der Waals surface area contributed by atoms with Crippen molar-refractivity contribution in [2.24, 2.45) is 0 Å². The van der Waals surface area contributed by atoms with Crippen LogP contribution >= 0.6 is 0 Å². The van der Waals surface area contributed by atoms with Gasteiger partial charge in [-0.2, -0.15) is 4.98 Å². The van der Waals surface area contributed by atoms with E-state index in [1.807, 2.05) is 0 Å². The Labute approximate surface area is 104 Å². The molecule has 1 aromatic rings. The van der Waals surface area contributed by atoms with Gasteiger partial charge in [-0.1, -0.05) is 45.7 Å². The standard InChI is InChI=1S/C13H25N3O/c1-5-7-8-11(6-2)13-15-12(16-17-13)9-14-10(3)4/h10-11,14H,5-9H2,1-4H3. The van der Waals surface area contributed by atoms with Crippen molar-refractivity contribution in [1.29, 1.82) is 0 Å². The van der Waals surface area contributed by atoms with E-state index in [0.29, 0.717) is 18.5 Å². The summed E-state index contributed by atoms with van der Waals surface area (Å²) in [6.45, 7) is 9.29. The molecule has 0 saturated carbocycles. The van der Waals surface area contributed by atoms with E-state index in [1.54, 1.807) is 0 Å². The van der Waals surface area contributed by atoms with E-state index in [9.17, 15) is 0 Å². The zero-order valence-electron chi connectivity index (χ0n) is 11.5. The Morgan fingerprint density at radius 1 is 1.29 bits per heavy atom. The minimum Gasteiger partial charge on any atom is -0.339 e. The van der Waals surface area contributed by atoms with Gasteiger partial charge >= 0.3 is 0 Å². The second kappa shape index (κ2) is 7.43. The van der Waals surface area contributed by atoms with Gasteiger partial charge in [0.25, 0.3) is 0 Å². The first-order valence-electron chi connectivity index (χ1n) is 6.73. The Bertz CT molecular complexity index is 309. The first-order valence-corrected chi connectivity index (χ1v) is 6.73. The third kappa shape index (κ3) is 4.86. The highest BCUT2D eigenvalue weighted by atomic mass is 16.5. The van der Waals surface area contributed by atoms with Crippen LogP contribution in [-0.4, -0.2) is 16.2 Å². The number of nitrogens with zero attached hydrogens (tertiary/aromatic N) is 2. The van der Waals surface area contributed by atoms with E-state index >= 15 is 0 Å². The van der Waals surface area contributed by atoms with Crippen LogP contribution < -0.4 is 5.32 Å². The monoisotopic (exact) mass is 239 g/mol. The van der Waals surface area contributed by atoms with Gasteiger partial charge in [0.1, 0.15) is 0 Å². The Balaban J connectivity index is 2.52. The van der Waals surface area contributed by atoms with E-state index in [4.69, 9.17) is 4.52 Å². The van der Waals surface area contributed by atoms with Crippen LogP contribution in [0.3, 0.4) is 0 Å². The fourth-order valence-corrected chi connectivity index (χ4v) is 1.75. The maximum Gasteiger partial charge on any atom is 0.229 e. The molecule has 98 valence electrons. The van der Waals surface area contributed by atoms with Gasteiger partial charge in [-0.25, -0.2) is 0 Å². The number of unbranched alkanes of at least 4 members (excludes halogenated alkanes) is 1. The minimum atomic E-state index is 0.426. The normalized spacial score (nSPS) is 13.2. The summed E-state index contributed by atoms with van der Waals surface area (Å²) in [6.07, 6.45) is 4.65. The zero-order valence-corrected chi connectivity index (χ0v) is 11.5. The molecule has 0 fully saturated rings. The third-order valence-corrected chi connectivity index (χ3v) is 2.90. The van der Waals surface area contributed by atoms with Gasteiger partial charge in [-0.05, 0) is 12.8 Å². The van der Waals surface area contributed by atoms with Gasteiger partial charge in [-0.15, -0.1) is 0 Å². The lowest BCUT2D eigenvalue weighted by Gasteiger charge is -2.08. The summed E-state index contributed by atoms with van der Waals surface area (Å²) in [5.41, 5.74) is 0. The van der Waals surface area contributed by atoms with Gasteiger partial charge in [-0.3, -0.25) is 0 Å². The van der Waals surface area contributed by atoms with Crippen LogP contribution in [0.2, 0.25) is 0 Å². The number of aromatic nitrogens is 2. The Morgan fingerprint density at radius 2 is 2.06 bits per heavy atom. The van der Waals surface area contributed by atoms with E-state index < -0.39 is 0 Å². The van der Waals surface area contributed by atoms with Crippen LogP contribution in [0.4, 0.5) is 0 Å². The van der Waals surface area contributed by atoms with Gasteiger partial charge in [0.2, 0.25) is 5.89 Å². The minimum absolute atomic E-state index is 0.426. The highest BCUT2D eigenvalue weighted by Crippen LogP contribution is 2.23. The lowest BCUT2D eigenvalue weighted by atomic mass is 9.99. The SMILES string of the molecule is CCCCC(CC)c1nc(CNC(C)C)no1. The van der Waals surface area contributed by atoms with Gasteiger partial charge in [0, 0.05) is 12.0 Å². The molecule has 0 bridgehead atoms. The summed E-state index contributed by atoms with van der Waals surface area (Å²) in [7, 11) is 0. The van der Waals surface area contributed by atoms with Crippen LogP contribution in [0.5, 0.6) is 0 Å². The second-order valence-electron chi connectivity index (χ2n) is 4.83. The van der Waals surface area contributed by atoms with Crippen LogP contribution in [0.15, 0.2) is 4.52 Å². The van der Waals surface area contributed by atoms with Crippen molar-refractivity contribution in [3.05, 3.63) is 11.7 Å². The molecule has 4 nitrogen and oxygen atoms in total. The first kappa shape index (κ1) is 14.2. The van der Waals surface area contributed by atoms with Crippen molar-refractivity contribution in [2.75, 3.05) is 0 Å². The molecule has 1 unspecified atom stereocenters. The summed E-state index contributed by atoms with van der Waals surface area (Å²) in [5.74, 6) is 2.00. The molecule has 0 amide bonds. The van der Waals surface area contributed by atoms with E-state index in [-0.39, 0.29) is 0 Å². The molecule has 0 aliphatic carbocycles.